The van der Waals surface area contributed by atoms with E-state index in [1.54, 1.807) is 31.2 Å². The zero-order chi connectivity index (χ0) is 12.2. The van der Waals surface area contributed by atoms with Crippen LogP contribution in [0.4, 0.5) is 0 Å². The quantitative estimate of drug-likeness (QED) is 0.800. The van der Waals surface area contributed by atoms with Crippen LogP contribution in [0.1, 0.15) is 25.8 Å². The molecule has 16 heavy (non-hydrogen) atoms. The van der Waals surface area contributed by atoms with Gasteiger partial charge >= 0.3 is 5.97 Å². The van der Waals surface area contributed by atoms with Crippen LogP contribution in [0.3, 0.4) is 0 Å². The SMILES string of the molecule is CCC(C)(Oc1ccc(CO)cc1)C(=O)O. The van der Waals surface area contributed by atoms with Crippen molar-refractivity contribution in [2.24, 2.45) is 0 Å². The molecule has 0 amide bonds. The van der Waals surface area contributed by atoms with Gasteiger partial charge in [0.1, 0.15) is 5.75 Å². The second-order valence-corrected chi connectivity index (χ2v) is 3.79. The summed E-state index contributed by atoms with van der Waals surface area (Å²) in [5.74, 6) is -0.495. The first-order chi connectivity index (χ1) is 7.51. The summed E-state index contributed by atoms with van der Waals surface area (Å²) in [5.41, 5.74) is -0.443. The lowest BCUT2D eigenvalue weighted by molar-refractivity contribution is -0.154. The van der Waals surface area contributed by atoms with E-state index in [4.69, 9.17) is 14.9 Å². The number of aliphatic hydroxyl groups excluding tert-OH is 1. The van der Waals surface area contributed by atoms with Crippen molar-refractivity contribution in [3.05, 3.63) is 29.8 Å². The third-order valence-corrected chi connectivity index (χ3v) is 2.58. The number of rotatable bonds is 5. The first-order valence-electron chi connectivity index (χ1n) is 5.14. The Morgan fingerprint density at radius 3 is 2.31 bits per heavy atom. The maximum absolute atomic E-state index is 11.0. The molecule has 1 aromatic rings. The van der Waals surface area contributed by atoms with Gasteiger partial charge < -0.3 is 14.9 Å². The third-order valence-electron chi connectivity index (χ3n) is 2.58. The Kier molecular flexibility index (Phi) is 3.90. The van der Waals surface area contributed by atoms with E-state index in [1.165, 1.54) is 6.92 Å². The van der Waals surface area contributed by atoms with Crippen LogP contribution in [0, 0.1) is 0 Å². The van der Waals surface area contributed by atoms with Crippen LogP contribution in [0.25, 0.3) is 0 Å². The molecule has 0 saturated heterocycles. The van der Waals surface area contributed by atoms with E-state index >= 15 is 0 Å². The monoisotopic (exact) mass is 224 g/mol. The van der Waals surface area contributed by atoms with Crippen LogP contribution in [-0.4, -0.2) is 21.8 Å². The Morgan fingerprint density at radius 1 is 1.38 bits per heavy atom. The van der Waals surface area contributed by atoms with Crippen molar-refractivity contribution < 1.29 is 19.7 Å². The summed E-state index contributed by atoms with van der Waals surface area (Å²) >= 11 is 0. The molecule has 0 saturated carbocycles. The molecule has 4 heteroatoms. The molecule has 1 rings (SSSR count). The van der Waals surface area contributed by atoms with Crippen molar-refractivity contribution in [1.29, 1.82) is 0 Å². The van der Waals surface area contributed by atoms with E-state index in [0.717, 1.165) is 5.56 Å². The number of hydrogen-bond acceptors (Lipinski definition) is 3. The summed E-state index contributed by atoms with van der Waals surface area (Å²) < 4.78 is 5.43. The molecule has 0 aromatic heterocycles. The van der Waals surface area contributed by atoms with Crippen molar-refractivity contribution in [2.45, 2.75) is 32.5 Å². The van der Waals surface area contributed by atoms with Crippen LogP contribution in [0.5, 0.6) is 5.75 Å². The van der Waals surface area contributed by atoms with E-state index in [-0.39, 0.29) is 6.61 Å². The van der Waals surface area contributed by atoms with Gasteiger partial charge in [-0.1, -0.05) is 19.1 Å². The highest BCUT2D eigenvalue weighted by molar-refractivity contribution is 5.77. The Bertz CT molecular complexity index is 358. The highest BCUT2D eigenvalue weighted by Crippen LogP contribution is 2.22. The highest BCUT2D eigenvalue weighted by atomic mass is 16.5. The normalized spacial score (nSPS) is 14.2. The second-order valence-electron chi connectivity index (χ2n) is 3.79. The van der Waals surface area contributed by atoms with E-state index < -0.39 is 11.6 Å². The Labute approximate surface area is 94.5 Å². The summed E-state index contributed by atoms with van der Waals surface area (Å²) in [6, 6.07) is 6.71. The zero-order valence-corrected chi connectivity index (χ0v) is 9.43. The van der Waals surface area contributed by atoms with Crippen molar-refractivity contribution in [3.63, 3.8) is 0 Å². The zero-order valence-electron chi connectivity index (χ0n) is 9.43. The van der Waals surface area contributed by atoms with Crippen molar-refractivity contribution in [1.82, 2.24) is 0 Å². The molecular weight excluding hydrogens is 208 g/mol. The fourth-order valence-electron chi connectivity index (χ4n) is 1.19. The number of ether oxygens (including phenoxy) is 1. The minimum Gasteiger partial charge on any atom is -0.478 e. The van der Waals surface area contributed by atoms with Crippen LogP contribution in [0.2, 0.25) is 0 Å². The van der Waals surface area contributed by atoms with Gasteiger partial charge in [-0.3, -0.25) is 0 Å². The van der Waals surface area contributed by atoms with Gasteiger partial charge in [0.15, 0.2) is 0 Å². The standard InChI is InChI=1S/C12H16O4/c1-3-12(2,11(14)15)16-10-6-4-9(8-13)5-7-10/h4-7,13H,3,8H2,1-2H3,(H,14,15). The Morgan fingerprint density at radius 2 is 1.94 bits per heavy atom. The first-order valence-corrected chi connectivity index (χ1v) is 5.14. The number of benzene rings is 1. The molecule has 4 nitrogen and oxygen atoms in total. The molecule has 0 radical (unpaired) electrons. The van der Waals surface area contributed by atoms with E-state index in [0.29, 0.717) is 12.2 Å². The maximum Gasteiger partial charge on any atom is 0.347 e. The van der Waals surface area contributed by atoms with E-state index in [2.05, 4.69) is 0 Å². The number of aliphatic carboxylic acids is 1. The summed E-state index contributed by atoms with van der Waals surface area (Å²) in [5, 5.41) is 17.9. The fourth-order valence-corrected chi connectivity index (χ4v) is 1.19. The molecule has 1 unspecified atom stereocenters. The predicted octanol–water partition coefficient (Wildman–Crippen LogP) is 1.81. The average molecular weight is 224 g/mol. The number of aliphatic hydroxyl groups is 1. The number of carboxylic acids is 1. The van der Waals surface area contributed by atoms with Crippen LogP contribution >= 0.6 is 0 Å². The molecule has 0 aliphatic carbocycles. The molecular formula is C12H16O4. The first kappa shape index (κ1) is 12.5. The van der Waals surface area contributed by atoms with Crippen molar-refractivity contribution in [2.75, 3.05) is 0 Å². The molecule has 2 N–H and O–H groups in total. The van der Waals surface area contributed by atoms with Crippen LogP contribution < -0.4 is 4.74 Å². The van der Waals surface area contributed by atoms with Crippen LogP contribution in [0.15, 0.2) is 24.3 Å². The van der Waals surface area contributed by atoms with Gasteiger partial charge in [0, 0.05) is 0 Å². The summed E-state index contributed by atoms with van der Waals surface area (Å²) in [6.07, 6.45) is 0.379. The summed E-state index contributed by atoms with van der Waals surface area (Å²) in [7, 11) is 0. The van der Waals surface area contributed by atoms with Crippen LogP contribution in [-0.2, 0) is 11.4 Å². The van der Waals surface area contributed by atoms with Crippen molar-refractivity contribution >= 4 is 5.97 Å². The lowest BCUT2D eigenvalue weighted by Gasteiger charge is -2.24. The lowest BCUT2D eigenvalue weighted by Crippen LogP contribution is -2.40. The fraction of sp³-hybridized carbons (Fsp3) is 0.417. The molecule has 0 aliphatic heterocycles. The van der Waals surface area contributed by atoms with Gasteiger partial charge in [0.2, 0.25) is 5.60 Å². The molecule has 0 spiro atoms. The molecule has 0 fully saturated rings. The van der Waals surface area contributed by atoms with Gasteiger partial charge in [-0.25, -0.2) is 4.79 Å². The minimum absolute atomic E-state index is 0.0374. The second kappa shape index (κ2) is 4.99. The van der Waals surface area contributed by atoms with Gasteiger partial charge in [0.25, 0.3) is 0 Å². The smallest absolute Gasteiger partial charge is 0.347 e. The summed E-state index contributed by atoms with van der Waals surface area (Å²) in [6.45, 7) is 3.26. The molecule has 0 aliphatic rings. The number of hydrogen-bond donors (Lipinski definition) is 2. The average Bonchev–Trinajstić information content (AvgIpc) is 2.29. The predicted molar refractivity (Wildman–Crippen MR) is 59.3 cm³/mol. The van der Waals surface area contributed by atoms with Gasteiger partial charge in [-0.05, 0) is 31.0 Å². The van der Waals surface area contributed by atoms with Crippen molar-refractivity contribution in [3.8, 4) is 5.75 Å². The van der Waals surface area contributed by atoms with E-state index in [1.807, 2.05) is 0 Å². The lowest BCUT2D eigenvalue weighted by atomic mass is 10.0. The Hall–Kier alpha value is -1.55. The third kappa shape index (κ3) is 2.73. The largest absolute Gasteiger partial charge is 0.478 e. The van der Waals surface area contributed by atoms with E-state index in [9.17, 15) is 4.79 Å². The molecule has 88 valence electrons. The maximum atomic E-state index is 11.0. The van der Waals surface area contributed by atoms with Gasteiger partial charge in [-0.15, -0.1) is 0 Å². The van der Waals surface area contributed by atoms with Gasteiger partial charge in [-0.2, -0.15) is 0 Å². The highest BCUT2D eigenvalue weighted by Gasteiger charge is 2.33. The minimum atomic E-state index is -1.21. The Balaban J connectivity index is 2.82. The van der Waals surface area contributed by atoms with Gasteiger partial charge in [0.05, 0.1) is 6.61 Å². The molecule has 0 bridgehead atoms. The molecule has 1 atom stereocenters. The molecule has 0 heterocycles. The number of carbonyl (C=O) groups is 1. The summed E-state index contributed by atoms with van der Waals surface area (Å²) in [4.78, 5) is 11.0. The topological polar surface area (TPSA) is 66.8 Å². The number of carboxylic acid groups (broad SMARTS) is 1. The molecule has 1 aromatic carbocycles.